The summed E-state index contributed by atoms with van der Waals surface area (Å²) < 4.78 is -0.833. The van der Waals surface area contributed by atoms with Gasteiger partial charge in [0.1, 0.15) is 4.33 Å². The normalized spacial score (nSPS) is 33.9. The summed E-state index contributed by atoms with van der Waals surface area (Å²) in [5, 5.41) is 0.702. The summed E-state index contributed by atoms with van der Waals surface area (Å²) in [6, 6.07) is 0. The Hall–Kier alpha value is 0.400. The summed E-state index contributed by atoms with van der Waals surface area (Å²) in [5.41, 5.74) is -0.539. The molecule has 0 N–H and O–H groups in total. The van der Waals surface area contributed by atoms with Crippen LogP contribution in [0.2, 0.25) is 0 Å². The van der Waals surface area contributed by atoms with Gasteiger partial charge in [-0.05, 0) is 32.4 Å². The third kappa shape index (κ3) is 2.06. The Bertz CT molecular complexity index is 302. The molecule has 16 heavy (non-hydrogen) atoms. The highest BCUT2D eigenvalue weighted by molar-refractivity contribution is 7.99. The monoisotopic (exact) mass is 281 g/mol. The predicted molar refractivity (Wildman–Crippen MR) is 70.3 cm³/mol. The van der Waals surface area contributed by atoms with Crippen LogP contribution >= 0.6 is 35.0 Å². The van der Waals surface area contributed by atoms with Crippen molar-refractivity contribution in [3.63, 3.8) is 0 Å². The molecule has 2 aliphatic rings. The maximum absolute atomic E-state index is 12.2. The van der Waals surface area contributed by atoms with Gasteiger partial charge in [0.2, 0.25) is 5.91 Å². The van der Waals surface area contributed by atoms with E-state index < -0.39 is 9.75 Å². The summed E-state index contributed by atoms with van der Waals surface area (Å²) in [7, 11) is 0. The number of rotatable bonds is 2. The number of hydrogen-bond donors (Lipinski definition) is 0. The Labute approximate surface area is 111 Å². The molecule has 2 rings (SSSR count). The third-order valence-corrected chi connectivity index (χ3v) is 6.03. The molecule has 2 nitrogen and oxygen atoms in total. The number of likely N-dealkylation sites (tertiary alicyclic amines) is 1. The Kier molecular flexibility index (Phi) is 3.42. The molecule has 0 bridgehead atoms. The van der Waals surface area contributed by atoms with Crippen LogP contribution in [0.4, 0.5) is 0 Å². The second-order valence-corrected chi connectivity index (χ2v) is 7.56. The molecule has 0 radical (unpaired) electrons. The number of carbonyl (C=O) groups is 1. The summed E-state index contributed by atoms with van der Waals surface area (Å²) in [4.78, 5) is 14.2. The summed E-state index contributed by atoms with van der Waals surface area (Å²) in [6.07, 6.45) is 4.89. The molecule has 0 aromatic heterocycles. The lowest BCUT2D eigenvalue weighted by Crippen LogP contribution is -2.43. The van der Waals surface area contributed by atoms with E-state index in [0.29, 0.717) is 11.7 Å². The van der Waals surface area contributed by atoms with Crippen molar-refractivity contribution in [2.75, 3.05) is 19.3 Å². The molecule has 1 aliphatic heterocycles. The van der Waals surface area contributed by atoms with Gasteiger partial charge < -0.3 is 4.90 Å². The van der Waals surface area contributed by atoms with Crippen LogP contribution < -0.4 is 0 Å². The van der Waals surface area contributed by atoms with Crippen LogP contribution in [-0.2, 0) is 4.79 Å². The van der Waals surface area contributed by atoms with E-state index in [2.05, 4.69) is 6.26 Å². The van der Waals surface area contributed by atoms with Gasteiger partial charge in [-0.1, -0.05) is 0 Å². The van der Waals surface area contributed by atoms with Crippen LogP contribution in [0.5, 0.6) is 0 Å². The largest absolute Gasteiger partial charge is 0.342 e. The van der Waals surface area contributed by atoms with E-state index in [1.165, 1.54) is 0 Å². The van der Waals surface area contributed by atoms with Crippen molar-refractivity contribution in [1.29, 1.82) is 0 Å². The number of halogens is 2. The van der Waals surface area contributed by atoms with Gasteiger partial charge in [0.05, 0.1) is 5.41 Å². The van der Waals surface area contributed by atoms with Crippen LogP contribution in [0.25, 0.3) is 0 Å². The molecule has 1 saturated heterocycles. The quantitative estimate of drug-likeness (QED) is 0.726. The minimum absolute atomic E-state index is 0.136. The molecular formula is C11H17Cl2NOS. The smallest absolute Gasteiger partial charge is 0.231 e. The number of thioether (sulfide) groups is 1. The molecule has 0 spiro atoms. The number of piperidine rings is 1. The van der Waals surface area contributed by atoms with Crippen molar-refractivity contribution in [3.05, 3.63) is 0 Å². The van der Waals surface area contributed by atoms with Crippen LogP contribution in [0.3, 0.4) is 0 Å². The van der Waals surface area contributed by atoms with Crippen molar-refractivity contribution < 1.29 is 4.79 Å². The van der Waals surface area contributed by atoms with E-state index in [1.54, 1.807) is 0 Å². The lowest BCUT2D eigenvalue weighted by Gasteiger charge is -2.33. The molecule has 1 saturated carbocycles. The fraction of sp³-hybridized carbons (Fsp3) is 0.909. The Morgan fingerprint density at radius 1 is 1.38 bits per heavy atom. The fourth-order valence-corrected chi connectivity index (χ4v) is 3.65. The summed E-state index contributed by atoms with van der Waals surface area (Å²) in [5.74, 6) is 0.136. The maximum Gasteiger partial charge on any atom is 0.231 e. The topological polar surface area (TPSA) is 20.3 Å². The average molecular weight is 282 g/mol. The highest BCUT2D eigenvalue weighted by atomic mass is 35.5. The predicted octanol–water partition coefficient (Wildman–Crippen LogP) is 2.92. The van der Waals surface area contributed by atoms with Crippen LogP contribution in [0.1, 0.15) is 26.2 Å². The van der Waals surface area contributed by atoms with Gasteiger partial charge >= 0.3 is 0 Å². The molecule has 1 unspecified atom stereocenters. The van der Waals surface area contributed by atoms with Crippen LogP contribution in [0, 0.1) is 5.41 Å². The third-order valence-electron chi connectivity index (χ3n) is 3.79. The first-order valence-electron chi connectivity index (χ1n) is 5.61. The molecule has 1 aliphatic carbocycles. The molecule has 1 amide bonds. The molecule has 5 heteroatoms. The van der Waals surface area contributed by atoms with E-state index in [-0.39, 0.29) is 5.91 Å². The van der Waals surface area contributed by atoms with Crippen LogP contribution in [0.15, 0.2) is 0 Å². The van der Waals surface area contributed by atoms with Crippen molar-refractivity contribution in [1.82, 2.24) is 4.90 Å². The highest BCUT2D eigenvalue weighted by Crippen LogP contribution is 2.64. The average Bonchev–Trinajstić information content (AvgIpc) is 2.79. The van der Waals surface area contributed by atoms with Gasteiger partial charge in [0.25, 0.3) is 0 Å². The number of amides is 1. The molecule has 0 aromatic carbocycles. The molecular weight excluding hydrogens is 265 g/mol. The molecule has 1 heterocycles. The molecule has 1 atom stereocenters. The zero-order chi connectivity index (χ0) is 12.0. The molecule has 92 valence electrons. The summed E-state index contributed by atoms with van der Waals surface area (Å²) >= 11 is 14.0. The van der Waals surface area contributed by atoms with Gasteiger partial charge in [-0.25, -0.2) is 0 Å². The lowest BCUT2D eigenvalue weighted by molar-refractivity contribution is -0.137. The highest BCUT2D eigenvalue weighted by Gasteiger charge is 2.68. The Balaban J connectivity index is 1.93. The number of nitrogens with zero attached hydrogens (tertiary/aromatic N) is 1. The fourth-order valence-electron chi connectivity index (χ4n) is 2.28. The molecule has 0 aromatic rings. The first-order chi connectivity index (χ1) is 7.40. The van der Waals surface area contributed by atoms with Crippen LogP contribution in [-0.4, -0.2) is 39.7 Å². The zero-order valence-electron chi connectivity index (χ0n) is 9.63. The Morgan fingerprint density at radius 3 is 2.25 bits per heavy atom. The lowest BCUT2D eigenvalue weighted by atomic mass is 10.0. The van der Waals surface area contributed by atoms with Gasteiger partial charge in [-0.2, -0.15) is 11.8 Å². The van der Waals surface area contributed by atoms with E-state index >= 15 is 0 Å². The van der Waals surface area contributed by atoms with Crippen molar-refractivity contribution in [2.45, 2.75) is 35.8 Å². The van der Waals surface area contributed by atoms with E-state index in [1.807, 2.05) is 23.6 Å². The minimum Gasteiger partial charge on any atom is -0.342 e. The molecule has 2 fully saturated rings. The maximum atomic E-state index is 12.2. The van der Waals surface area contributed by atoms with Crippen molar-refractivity contribution in [3.8, 4) is 0 Å². The Morgan fingerprint density at radius 2 is 1.88 bits per heavy atom. The second kappa shape index (κ2) is 4.25. The first kappa shape index (κ1) is 12.8. The van der Waals surface area contributed by atoms with Crippen molar-refractivity contribution in [2.24, 2.45) is 5.41 Å². The zero-order valence-corrected chi connectivity index (χ0v) is 12.0. The van der Waals surface area contributed by atoms with Gasteiger partial charge in [0.15, 0.2) is 0 Å². The minimum atomic E-state index is -0.833. The van der Waals surface area contributed by atoms with Gasteiger partial charge in [-0.3, -0.25) is 4.79 Å². The number of carbonyl (C=O) groups excluding carboxylic acids is 1. The van der Waals surface area contributed by atoms with E-state index in [0.717, 1.165) is 25.9 Å². The first-order valence-corrected chi connectivity index (χ1v) is 7.65. The SMILES string of the molecule is CSC1CCN(C(=O)C2(C)CC2(Cl)Cl)CC1. The van der Waals surface area contributed by atoms with E-state index in [9.17, 15) is 4.79 Å². The second-order valence-electron chi connectivity index (χ2n) is 4.94. The summed E-state index contributed by atoms with van der Waals surface area (Å²) in [6.45, 7) is 3.57. The standard InChI is InChI=1S/C11H17Cl2NOS/c1-10(7-11(10,12)13)9(15)14-5-3-8(16-2)4-6-14/h8H,3-7H2,1-2H3. The number of alkyl halides is 2. The van der Waals surface area contributed by atoms with Gasteiger partial charge in [-0.15, -0.1) is 23.2 Å². The number of hydrogen-bond acceptors (Lipinski definition) is 2. The van der Waals surface area contributed by atoms with Gasteiger partial charge in [0, 0.05) is 18.3 Å². The van der Waals surface area contributed by atoms with Crippen molar-refractivity contribution >= 4 is 40.9 Å². The van der Waals surface area contributed by atoms with E-state index in [4.69, 9.17) is 23.2 Å².